The van der Waals surface area contributed by atoms with Crippen molar-refractivity contribution in [2.45, 2.75) is 102 Å². The Hall–Kier alpha value is -6.04. The molecule has 330 valence electrons. The molecule has 7 rings (SSSR count). The molecule has 0 radical (unpaired) electrons. The number of thiocarbonyl (C=S) groups is 1. The number of imidazole rings is 1. The Morgan fingerprint density at radius 1 is 0.698 bits per heavy atom. The summed E-state index contributed by atoms with van der Waals surface area (Å²) in [7, 11) is 0. The Morgan fingerprint density at radius 2 is 1.35 bits per heavy atom. The van der Waals surface area contributed by atoms with E-state index in [2.05, 4.69) is 27.0 Å². The van der Waals surface area contributed by atoms with Crippen LogP contribution in [0.4, 0.5) is 5.69 Å². The van der Waals surface area contributed by atoms with E-state index in [0.717, 1.165) is 34.6 Å². The zero-order valence-electron chi connectivity index (χ0n) is 35.2. The molecule has 0 aliphatic carbocycles. The Balaban J connectivity index is 1.18. The lowest BCUT2D eigenvalue weighted by molar-refractivity contribution is -0.263. The highest BCUT2D eigenvalue weighted by Crippen LogP contribution is 2.47. The van der Waals surface area contributed by atoms with Crippen LogP contribution >= 0.6 is 12.2 Å². The monoisotopic (exact) mass is 879 g/mol. The second-order valence-corrected chi connectivity index (χ2v) is 15.9. The van der Waals surface area contributed by atoms with Crippen molar-refractivity contribution in [3.8, 4) is 0 Å². The minimum Gasteiger partial charge on any atom is -0.463 e. The first-order chi connectivity index (χ1) is 30.4. The Bertz CT molecular complexity index is 2410. The molecule has 0 amide bonds. The van der Waals surface area contributed by atoms with E-state index in [1.54, 1.807) is 0 Å². The maximum atomic E-state index is 12.4. The molecule has 0 spiro atoms. The third kappa shape index (κ3) is 11.1. The van der Waals surface area contributed by atoms with Gasteiger partial charge in [0.1, 0.15) is 18.8 Å². The number of nitrogens with zero attached hydrogens (tertiary/aromatic N) is 2. The summed E-state index contributed by atoms with van der Waals surface area (Å²) in [6.45, 7) is 4.74. The Labute approximate surface area is 369 Å². The van der Waals surface area contributed by atoms with Gasteiger partial charge in [0.15, 0.2) is 24.6 Å². The average Bonchev–Trinajstić information content (AvgIpc) is 3.67. The predicted octanol–water partition coefficient (Wildman–Crippen LogP) is 6.42. The van der Waals surface area contributed by atoms with Crippen molar-refractivity contribution < 1.29 is 57.4 Å². The molecule has 0 bridgehead atoms. The summed E-state index contributed by atoms with van der Waals surface area (Å²) in [5, 5.41) is 13.1. The zero-order chi connectivity index (χ0) is 44.6. The van der Waals surface area contributed by atoms with Crippen LogP contribution in [-0.2, 0) is 65.5 Å². The number of anilines is 1. The predicted molar refractivity (Wildman–Crippen MR) is 232 cm³/mol. The van der Waals surface area contributed by atoms with Gasteiger partial charge < -0.3 is 48.1 Å². The number of nitrogens with one attached hydrogen (secondary N) is 1. The first-order valence-corrected chi connectivity index (χ1v) is 20.9. The SMILES string of the molecule is CC(=O)OCC1OC(CC(=S)Nc2cccc(C3OC(Cn4cnc5ccccc54)C(c4ccccc4)C(c4ccc(CO)cc4)O3)c2)C(OC(C)=O)C(OC(C)=O)C1OC(C)=O. The first kappa shape index (κ1) is 45.0. The molecule has 2 saturated heterocycles. The molecule has 2 aliphatic heterocycles. The lowest BCUT2D eigenvalue weighted by Gasteiger charge is -2.44. The van der Waals surface area contributed by atoms with Gasteiger partial charge >= 0.3 is 23.9 Å². The van der Waals surface area contributed by atoms with Crippen LogP contribution in [0.2, 0.25) is 0 Å². The van der Waals surface area contributed by atoms with Gasteiger partial charge in [-0.15, -0.1) is 0 Å². The van der Waals surface area contributed by atoms with Crippen molar-refractivity contribution in [3.63, 3.8) is 0 Å². The number of aliphatic hydroxyl groups is 1. The van der Waals surface area contributed by atoms with Crippen LogP contribution in [0.1, 0.15) is 74.7 Å². The summed E-state index contributed by atoms with van der Waals surface area (Å²) < 4.78 is 44.3. The molecule has 1 aromatic heterocycles. The van der Waals surface area contributed by atoms with E-state index < -0.39 is 72.9 Å². The number of aromatic nitrogens is 2. The fraction of sp³-hybridized carbons (Fsp3) is 0.362. The summed E-state index contributed by atoms with van der Waals surface area (Å²) in [6, 6.07) is 33.2. The van der Waals surface area contributed by atoms with Gasteiger partial charge in [-0.05, 0) is 41.0 Å². The number of esters is 4. The molecule has 63 heavy (non-hydrogen) atoms. The van der Waals surface area contributed by atoms with Crippen LogP contribution in [0.25, 0.3) is 11.0 Å². The van der Waals surface area contributed by atoms with E-state index >= 15 is 0 Å². The van der Waals surface area contributed by atoms with E-state index in [1.165, 1.54) is 20.8 Å². The fourth-order valence-electron chi connectivity index (χ4n) is 8.15. The van der Waals surface area contributed by atoms with Gasteiger partial charge in [-0.3, -0.25) is 19.2 Å². The molecule has 9 unspecified atom stereocenters. The van der Waals surface area contributed by atoms with Gasteiger partial charge in [0, 0.05) is 51.3 Å². The highest BCUT2D eigenvalue weighted by atomic mass is 32.1. The lowest BCUT2D eigenvalue weighted by atomic mass is 9.83. The summed E-state index contributed by atoms with van der Waals surface area (Å²) in [5.41, 5.74) is 5.84. The van der Waals surface area contributed by atoms with E-state index in [4.69, 9.17) is 45.4 Å². The molecule has 2 N–H and O–H groups in total. The average molecular weight is 880 g/mol. The van der Waals surface area contributed by atoms with Crippen LogP contribution in [0, 0.1) is 0 Å². The standard InChI is InChI=1S/C47H49N3O12S/c1-27(52)56-25-40-45(58-29(3)54)46(59-30(4)55)44(57-28(2)53)38(60-40)22-41(63)49-35-14-10-13-34(21-35)47-61-39(23-50-26-48-36-15-8-9-16-37(36)50)42(32-11-6-5-7-12-32)43(62-47)33-19-17-31(24-51)18-20-33/h5-21,26,38-40,42-47,51H,22-25H2,1-4H3,(H,49,63). The van der Waals surface area contributed by atoms with Crippen molar-refractivity contribution >= 4 is 57.8 Å². The molecule has 0 saturated carbocycles. The fourth-order valence-corrected chi connectivity index (χ4v) is 8.44. The van der Waals surface area contributed by atoms with Crippen molar-refractivity contribution in [2.24, 2.45) is 0 Å². The largest absolute Gasteiger partial charge is 0.463 e. The van der Waals surface area contributed by atoms with E-state index in [0.29, 0.717) is 17.8 Å². The number of ether oxygens (including phenoxy) is 7. The van der Waals surface area contributed by atoms with Crippen molar-refractivity contribution in [3.05, 3.63) is 132 Å². The second kappa shape index (κ2) is 20.4. The van der Waals surface area contributed by atoms with Gasteiger partial charge in [-0.1, -0.05) is 91.1 Å². The van der Waals surface area contributed by atoms with Crippen LogP contribution in [0.5, 0.6) is 0 Å². The van der Waals surface area contributed by atoms with Crippen LogP contribution in [-0.4, -0.2) is 86.8 Å². The maximum Gasteiger partial charge on any atom is 0.303 e. The summed E-state index contributed by atoms with van der Waals surface area (Å²) >= 11 is 5.85. The smallest absolute Gasteiger partial charge is 0.303 e. The zero-order valence-corrected chi connectivity index (χ0v) is 36.0. The normalized spacial score (nSPS) is 24.5. The molecule has 2 fully saturated rings. The molecule has 5 aromatic rings. The molecular weight excluding hydrogens is 831 g/mol. The minimum atomic E-state index is -1.32. The highest BCUT2D eigenvalue weighted by Gasteiger charge is 2.52. The van der Waals surface area contributed by atoms with Gasteiger partial charge in [0.2, 0.25) is 0 Å². The Morgan fingerprint density at radius 3 is 2.03 bits per heavy atom. The molecule has 4 aromatic carbocycles. The summed E-state index contributed by atoms with van der Waals surface area (Å²) in [5.74, 6) is -3.03. The second-order valence-electron chi connectivity index (χ2n) is 15.4. The van der Waals surface area contributed by atoms with Crippen molar-refractivity contribution in [1.29, 1.82) is 0 Å². The number of para-hydroxylation sites is 2. The number of hydrogen-bond acceptors (Lipinski definition) is 14. The summed E-state index contributed by atoms with van der Waals surface area (Å²) in [4.78, 5) is 53.7. The van der Waals surface area contributed by atoms with E-state index in [1.807, 2.05) is 97.3 Å². The third-order valence-corrected chi connectivity index (χ3v) is 11.1. The highest BCUT2D eigenvalue weighted by molar-refractivity contribution is 7.80. The van der Waals surface area contributed by atoms with Crippen LogP contribution in [0.15, 0.2) is 109 Å². The molecule has 15 nitrogen and oxygen atoms in total. The number of carbonyl (C=O) groups excluding carboxylic acids is 4. The third-order valence-electron chi connectivity index (χ3n) is 10.8. The van der Waals surface area contributed by atoms with E-state index in [9.17, 15) is 24.3 Å². The molecule has 16 heteroatoms. The molecule has 9 atom stereocenters. The van der Waals surface area contributed by atoms with Gasteiger partial charge in [0.25, 0.3) is 0 Å². The molecular formula is C47H49N3O12S. The van der Waals surface area contributed by atoms with Gasteiger partial charge in [-0.25, -0.2) is 4.98 Å². The number of hydrogen-bond donors (Lipinski definition) is 2. The van der Waals surface area contributed by atoms with Crippen LogP contribution in [0.3, 0.4) is 0 Å². The minimum absolute atomic E-state index is 0.0549. The van der Waals surface area contributed by atoms with Crippen LogP contribution < -0.4 is 5.32 Å². The lowest BCUT2D eigenvalue weighted by Crippen LogP contribution is -2.62. The van der Waals surface area contributed by atoms with Crippen molar-refractivity contribution in [2.75, 3.05) is 11.9 Å². The van der Waals surface area contributed by atoms with Gasteiger partial charge in [0.05, 0.1) is 47.7 Å². The van der Waals surface area contributed by atoms with Gasteiger partial charge in [-0.2, -0.15) is 0 Å². The molecule has 2 aliphatic rings. The first-order valence-electron chi connectivity index (χ1n) is 20.5. The topological polar surface area (TPSA) is 183 Å². The van der Waals surface area contributed by atoms with E-state index in [-0.39, 0.29) is 30.5 Å². The number of aliphatic hydroxyl groups excluding tert-OH is 1. The molecule has 3 heterocycles. The Kier molecular flexibility index (Phi) is 14.6. The summed E-state index contributed by atoms with van der Waals surface area (Å²) in [6.07, 6.45) is -5.96. The number of benzene rings is 4. The number of fused-ring (bicyclic) bond motifs is 1. The quantitative estimate of drug-likeness (QED) is 0.0707. The number of rotatable bonds is 14. The van der Waals surface area contributed by atoms with Crippen molar-refractivity contribution in [1.82, 2.24) is 9.55 Å². The maximum absolute atomic E-state index is 12.4. The number of carbonyl (C=O) groups is 4.